The van der Waals surface area contributed by atoms with Crippen LogP contribution >= 0.6 is 12.4 Å². The molecule has 0 saturated heterocycles. The number of nitrogens with zero attached hydrogens (tertiary/aromatic N) is 1. The molecule has 0 aromatic heterocycles. The number of amides is 1. The summed E-state index contributed by atoms with van der Waals surface area (Å²) in [4.78, 5) is 12.0. The van der Waals surface area contributed by atoms with Crippen molar-refractivity contribution in [3.8, 4) is 12.3 Å². The Morgan fingerprint density at radius 2 is 2.31 bits per heavy atom. The van der Waals surface area contributed by atoms with Crippen molar-refractivity contribution in [3.05, 3.63) is 0 Å². The molecule has 0 rings (SSSR count). The maximum absolute atomic E-state index is 10.0. The Kier molecular flexibility index (Phi) is 10.3. The first-order valence-corrected chi connectivity index (χ1v) is 3.75. The molecule has 5 heteroatoms. The Balaban J connectivity index is 0. The summed E-state index contributed by atoms with van der Waals surface area (Å²) in [6.07, 6.45) is 4.89. The molecule has 0 aliphatic heterocycles. The summed E-state index contributed by atoms with van der Waals surface area (Å²) in [7, 11) is 1.90. The van der Waals surface area contributed by atoms with Gasteiger partial charge in [-0.05, 0) is 13.5 Å². The fourth-order valence-corrected chi connectivity index (χ4v) is 0.779. The molecular formula is C8H15ClN2O2. The van der Waals surface area contributed by atoms with Crippen LogP contribution in [0.25, 0.3) is 0 Å². The summed E-state index contributed by atoms with van der Waals surface area (Å²) in [6, 6.07) is 0. The van der Waals surface area contributed by atoms with Crippen LogP contribution in [0.5, 0.6) is 0 Å². The third-order valence-electron chi connectivity index (χ3n) is 1.35. The molecule has 76 valence electrons. The molecule has 0 aliphatic carbocycles. The van der Waals surface area contributed by atoms with E-state index in [9.17, 15) is 4.79 Å². The highest BCUT2D eigenvalue weighted by Gasteiger charge is 1.96. The van der Waals surface area contributed by atoms with E-state index in [2.05, 4.69) is 11.2 Å². The summed E-state index contributed by atoms with van der Waals surface area (Å²) in [5, 5.41) is 10.5. The average Bonchev–Trinajstić information content (AvgIpc) is 1.98. The molecule has 0 atom stereocenters. The van der Waals surface area contributed by atoms with Crippen molar-refractivity contribution in [1.82, 2.24) is 10.2 Å². The zero-order chi connectivity index (χ0) is 9.40. The number of carbonyl (C=O) groups is 1. The van der Waals surface area contributed by atoms with Crippen LogP contribution in [0.3, 0.4) is 0 Å². The van der Waals surface area contributed by atoms with Gasteiger partial charge in [-0.25, -0.2) is 4.79 Å². The zero-order valence-corrected chi connectivity index (χ0v) is 8.43. The van der Waals surface area contributed by atoms with Gasteiger partial charge in [0, 0.05) is 13.1 Å². The van der Waals surface area contributed by atoms with E-state index in [1.165, 1.54) is 0 Å². The first-order chi connectivity index (χ1) is 5.66. The number of rotatable bonds is 5. The second kappa shape index (κ2) is 9.17. The topological polar surface area (TPSA) is 52.6 Å². The predicted octanol–water partition coefficient (Wildman–Crippen LogP) is 0.631. The highest BCUT2D eigenvalue weighted by molar-refractivity contribution is 5.85. The summed E-state index contributed by atoms with van der Waals surface area (Å²) in [5.74, 6) is 2.51. The maximum atomic E-state index is 10.0. The second-order valence-corrected chi connectivity index (χ2v) is 2.53. The summed E-state index contributed by atoms with van der Waals surface area (Å²) in [5.41, 5.74) is 0. The Morgan fingerprint density at radius 3 is 2.77 bits per heavy atom. The van der Waals surface area contributed by atoms with Gasteiger partial charge in [-0.3, -0.25) is 4.90 Å². The largest absolute Gasteiger partial charge is 0.465 e. The van der Waals surface area contributed by atoms with Gasteiger partial charge >= 0.3 is 6.09 Å². The standard InChI is InChI=1S/C8H14N2O2.ClH/c1-3-6-10(2)7-4-5-9-8(11)12;/h1,9H,4-7H2,2H3,(H,11,12);1H. The number of hydrogen-bond donors (Lipinski definition) is 2. The number of hydrogen-bond acceptors (Lipinski definition) is 2. The summed E-state index contributed by atoms with van der Waals surface area (Å²) < 4.78 is 0. The Morgan fingerprint density at radius 1 is 1.69 bits per heavy atom. The van der Waals surface area contributed by atoms with Crippen molar-refractivity contribution >= 4 is 18.5 Å². The Bertz CT molecular complexity index is 179. The molecule has 0 spiro atoms. The van der Waals surface area contributed by atoms with Gasteiger partial charge in [-0.2, -0.15) is 0 Å². The lowest BCUT2D eigenvalue weighted by molar-refractivity contribution is 0.194. The van der Waals surface area contributed by atoms with Gasteiger partial charge in [0.1, 0.15) is 0 Å². The van der Waals surface area contributed by atoms with E-state index in [1.54, 1.807) is 0 Å². The molecule has 0 fully saturated rings. The van der Waals surface area contributed by atoms with Crippen LogP contribution in [-0.2, 0) is 0 Å². The molecule has 0 aliphatic rings. The van der Waals surface area contributed by atoms with E-state index in [1.807, 2.05) is 11.9 Å². The van der Waals surface area contributed by atoms with Gasteiger partial charge in [0.05, 0.1) is 6.54 Å². The lowest BCUT2D eigenvalue weighted by atomic mass is 10.4. The highest BCUT2D eigenvalue weighted by Crippen LogP contribution is 1.84. The maximum Gasteiger partial charge on any atom is 0.404 e. The first kappa shape index (κ1) is 14.6. The number of nitrogens with one attached hydrogen (secondary N) is 1. The van der Waals surface area contributed by atoms with E-state index >= 15 is 0 Å². The van der Waals surface area contributed by atoms with Crippen LogP contribution in [0.15, 0.2) is 0 Å². The number of halogens is 1. The quantitative estimate of drug-likeness (QED) is 0.513. The van der Waals surface area contributed by atoms with Crippen molar-refractivity contribution in [3.63, 3.8) is 0 Å². The van der Waals surface area contributed by atoms with Crippen LogP contribution in [0.2, 0.25) is 0 Å². The number of terminal acetylenes is 1. The van der Waals surface area contributed by atoms with Gasteiger partial charge in [0.2, 0.25) is 0 Å². The van der Waals surface area contributed by atoms with E-state index in [-0.39, 0.29) is 12.4 Å². The minimum atomic E-state index is -0.977. The third kappa shape index (κ3) is 11.1. The van der Waals surface area contributed by atoms with Crippen LogP contribution in [0, 0.1) is 12.3 Å². The van der Waals surface area contributed by atoms with Crippen molar-refractivity contribution in [1.29, 1.82) is 0 Å². The van der Waals surface area contributed by atoms with Crippen LogP contribution in [0.1, 0.15) is 6.42 Å². The van der Waals surface area contributed by atoms with E-state index in [4.69, 9.17) is 11.5 Å². The molecule has 0 aromatic carbocycles. The van der Waals surface area contributed by atoms with Crippen molar-refractivity contribution < 1.29 is 9.90 Å². The molecule has 2 N–H and O–H groups in total. The zero-order valence-electron chi connectivity index (χ0n) is 7.62. The molecular weight excluding hydrogens is 192 g/mol. The van der Waals surface area contributed by atoms with Crippen molar-refractivity contribution in [2.75, 3.05) is 26.7 Å². The lowest BCUT2D eigenvalue weighted by Crippen LogP contribution is -2.27. The smallest absolute Gasteiger partial charge is 0.404 e. The van der Waals surface area contributed by atoms with Crippen molar-refractivity contribution in [2.24, 2.45) is 0 Å². The molecule has 13 heavy (non-hydrogen) atoms. The first-order valence-electron chi connectivity index (χ1n) is 3.75. The molecule has 1 amide bonds. The normalized spacial score (nSPS) is 8.69. The van der Waals surface area contributed by atoms with Gasteiger partial charge < -0.3 is 10.4 Å². The average molecular weight is 207 g/mol. The molecule has 0 saturated carbocycles. The molecule has 0 radical (unpaired) electrons. The Hall–Kier alpha value is -0.920. The molecule has 0 unspecified atom stereocenters. The fourth-order valence-electron chi connectivity index (χ4n) is 0.779. The predicted molar refractivity (Wildman–Crippen MR) is 54.2 cm³/mol. The van der Waals surface area contributed by atoms with Crippen molar-refractivity contribution in [2.45, 2.75) is 6.42 Å². The minimum absolute atomic E-state index is 0. The van der Waals surface area contributed by atoms with Gasteiger partial charge in [0.15, 0.2) is 0 Å². The highest BCUT2D eigenvalue weighted by atomic mass is 35.5. The Labute approximate surface area is 84.7 Å². The summed E-state index contributed by atoms with van der Waals surface area (Å²) in [6.45, 7) is 1.89. The van der Waals surface area contributed by atoms with E-state index < -0.39 is 6.09 Å². The molecule has 0 aromatic rings. The third-order valence-corrected chi connectivity index (χ3v) is 1.35. The SMILES string of the molecule is C#CCN(C)CCCNC(=O)O.Cl. The fraction of sp³-hybridized carbons (Fsp3) is 0.625. The lowest BCUT2D eigenvalue weighted by Gasteiger charge is -2.12. The van der Waals surface area contributed by atoms with E-state index in [0.717, 1.165) is 13.0 Å². The monoisotopic (exact) mass is 206 g/mol. The van der Waals surface area contributed by atoms with Crippen LogP contribution in [0.4, 0.5) is 4.79 Å². The number of carboxylic acid groups (broad SMARTS) is 1. The van der Waals surface area contributed by atoms with Gasteiger partial charge in [-0.1, -0.05) is 5.92 Å². The van der Waals surface area contributed by atoms with Crippen LogP contribution in [-0.4, -0.2) is 42.8 Å². The molecule has 0 heterocycles. The van der Waals surface area contributed by atoms with E-state index in [0.29, 0.717) is 13.1 Å². The molecule has 4 nitrogen and oxygen atoms in total. The minimum Gasteiger partial charge on any atom is -0.465 e. The molecule has 0 bridgehead atoms. The van der Waals surface area contributed by atoms with Gasteiger partial charge in [0.25, 0.3) is 0 Å². The summed E-state index contributed by atoms with van der Waals surface area (Å²) >= 11 is 0. The van der Waals surface area contributed by atoms with Gasteiger partial charge in [-0.15, -0.1) is 18.8 Å². The second-order valence-electron chi connectivity index (χ2n) is 2.53. The van der Waals surface area contributed by atoms with Crippen LogP contribution < -0.4 is 5.32 Å².